The fraction of sp³-hybridized carbons (Fsp3) is 0.700. The van der Waals surface area contributed by atoms with Crippen LogP contribution in [0.5, 0.6) is 0 Å². The Labute approximate surface area is 314 Å². The van der Waals surface area contributed by atoms with E-state index in [1.165, 1.54) is 0 Å². The number of aryl methyl sites for hydroxylation is 1. The quantitative estimate of drug-likeness (QED) is 0.0704. The molecular formula is C40H55NO13. The van der Waals surface area contributed by atoms with Gasteiger partial charge in [-0.3, -0.25) is 19.2 Å². The topological polar surface area (TPSA) is 229 Å². The Hall–Kier alpha value is -3.40. The average molecular weight is 758 g/mol. The van der Waals surface area contributed by atoms with Crippen LogP contribution >= 0.6 is 0 Å². The van der Waals surface area contributed by atoms with Gasteiger partial charge in [-0.2, -0.15) is 0 Å². The molecule has 1 aromatic carbocycles. The SMILES string of the molecule is C=C1[C@H](O)[C@]23CC[C@H]4C(C(=O)O)(C(=O)O)C[C@@H](O[C@@H]5O[C@H](CO)[C@@H](O)[C@H](OC(=O)CCc6ccccc6)[C@H]5NC(=O)CC(C)C)C[C@]4(C)[C@H]2CC[C@@]1(O)C3. The van der Waals surface area contributed by atoms with Gasteiger partial charge in [-0.05, 0) is 79.3 Å². The van der Waals surface area contributed by atoms with Gasteiger partial charge >= 0.3 is 17.9 Å². The van der Waals surface area contributed by atoms with Gasteiger partial charge in [0.1, 0.15) is 18.2 Å². The van der Waals surface area contributed by atoms with E-state index < -0.39 is 113 Å². The summed E-state index contributed by atoms with van der Waals surface area (Å²) in [5, 5.41) is 69.0. The summed E-state index contributed by atoms with van der Waals surface area (Å²) in [6.45, 7) is 8.81. The molecule has 6 rings (SSSR count). The van der Waals surface area contributed by atoms with Crippen LogP contribution in [0.15, 0.2) is 42.5 Å². The molecule has 1 aliphatic heterocycles. The number of nitrogens with one attached hydrogen (secondary N) is 1. The number of carboxylic acids is 2. The van der Waals surface area contributed by atoms with Gasteiger partial charge in [-0.1, -0.05) is 57.7 Å². The number of fused-ring (bicyclic) bond motifs is 3. The molecule has 12 atom stereocenters. The number of aliphatic hydroxyl groups is 4. The predicted molar refractivity (Wildman–Crippen MR) is 190 cm³/mol. The van der Waals surface area contributed by atoms with Crippen LogP contribution in [0, 0.1) is 34.0 Å². The number of carbonyl (C=O) groups excluding carboxylic acids is 2. The summed E-state index contributed by atoms with van der Waals surface area (Å²) in [5.41, 5.74) is -4.26. The largest absolute Gasteiger partial charge is 0.480 e. The Balaban J connectivity index is 1.34. The number of carbonyl (C=O) groups is 4. The molecule has 1 amide bonds. The van der Waals surface area contributed by atoms with E-state index in [0.717, 1.165) is 5.56 Å². The molecule has 5 fully saturated rings. The summed E-state index contributed by atoms with van der Waals surface area (Å²) >= 11 is 0. The molecule has 0 radical (unpaired) electrons. The maximum atomic E-state index is 13.3. The molecular weight excluding hydrogens is 702 g/mol. The smallest absolute Gasteiger partial charge is 0.321 e. The molecule has 0 aromatic heterocycles. The Morgan fingerprint density at radius 3 is 2.31 bits per heavy atom. The summed E-state index contributed by atoms with van der Waals surface area (Å²) in [6, 6.07) is 7.90. The normalized spacial score (nSPS) is 39.6. The number of benzene rings is 1. The molecule has 7 N–H and O–H groups in total. The Morgan fingerprint density at radius 1 is 1.02 bits per heavy atom. The molecule has 5 aliphatic rings. The summed E-state index contributed by atoms with van der Waals surface area (Å²) < 4.78 is 18.4. The van der Waals surface area contributed by atoms with Crippen molar-refractivity contribution in [1.29, 1.82) is 0 Å². The van der Waals surface area contributed by atoms with Crippen molar-refractivity contribution in [2.24, 2.45) is 34.0 Å². The molecule has 1 aromatic rings. The number of rotatable bonds is 12. The summed E-state index contributed by atoms with van der Waals surface area (Å²) in [5.74, 6) is -5.55. The first kappa shape index (κ1) is 40.3. The highest BCUT2D eigenvalue weighted by Gasteiger charge is 2.74. The van der Waals surface area contributed by atoms with Crippen LogP contribution in [0.4, 0.5) is 0 Å². The highest BCUT2D eigenvalue weighted by Crippen LogP contribution is 2.73. The van der Waals surface area contributed by atoms with Crippen LogP contribution in [0.3, 0.4) is 0 Å². The monoisotopic (exact) mass is 757 g/mol. The van der Waals surface area contributed by atoms with Crippen molar-refractivity contribution >= 4 is 23.8 Å². The minimum atomic E-state index is -2.31. The molecule has 1 spiro atoms. The van der Waals surface area contributed by atoms with Gasteiger partial charge in [0.25, 0.3) is 0 Å². The second-order valence-corrected chi connectivity index (χ2v) is 17.2. The third-order valence-corrected chi connectivity index (χ3v) is 13.5. The molecule has 0 unspecified atom stereocenters. The van der Waals surface area contributed by atoms with Crippen molar-refractivity contribution in [2.75, 3.05) is 6.61 Å². The molecule has 2 bridgehead atoms. The molecule has 14 heteroatoms. The van der Waals surface area contributed by atoms with Crippen molar-refractivity contribution in [1.82, 2.24) is 5.32 Å². The van der Waals surface area contributed by atoms with Gasteiger partial charge in [-0.15, -0.1) is 0 Å². The van der Waals surface area contributed by atoms with Gasteiger partial charge in [0.15, 0.2) is 17.8 Å². The predicted octanol–water partition coefficient (Wildman–Crippen LogP) is 2.34. The minimum absolute atomic E-state index is 0.0608. The summed E-state index contributed by atoms with van der Waals surface area (Å²) in [6.07, 6.45) is -6.67. The number of hydrogen-bond donors (Lipinski definition) is 7. The fourth-order valence-corrected chi connectivity index (χ4v) is 11.2. The van der Waals surface area contributed by atoms with Gasteiger partial charge in [0, 0.05) is 24.7 Å². The van der Waals surface area contributed by atoms with Crippen molar-refractivity contribution in [2.45, 2.75) is 133 Å². The van der Waals surface area contributed by atoms with Crippen LogP contribution < -0.4 is 5.32 Å². The zero-order chi connectivity index (χ0) is 39.4. The number of amides is 1. The summed E-state index contributed by atoms with van der Waals surface area (Å²) in [4.78, 5) is 53.1. The van der Waals surface area contributed by atoms with Crippen LogP contribution in [0.1, 0.15) is 84.1 Å². The first-order chi connectivity index (χ1) is 25.4. The third-order valence-electron chi connectivity index (χ3n) is 13.5. The van der Waals surface area contributed by atoms with Crippen LogP contribution in [-0.2, 0) is 39.8 Å². The minimum Gasteiger partial charge on any atom is -0.480 e. The fourth-order valence-electron chi connectivity index (χ4n) is 11.2. The van der Waals surface area contributed by atoms with Crippen LogP contribution in [0.2, 0.25) is 0 Å². The van der Waals surface area contributed by atoms with Crippen molar-refractivity contribution < 1.29 is 64.0 Å². The highest BCUT2D eigenvalue weighted by molar-refractivity contribution is 5.99. The van der Waals surface area contributed by atoms with Crippen molar-refractivity contribution in [3.8, 4) is 0 Å². The zero-order valence-electron chi connectivity index (χ0n) is 31.2. The Morgan fingerprint density at radius 2 is 1.69 bits per heavy atom. The molecule has 4 aliphatic carbocycles. The van der Waals surface area contributed by atoms with Crippen molar-refractivity contribution in [3.63, 3.8) is 0 Å². The molecule has 298 valence electrons. The lowest BCUT2D eigenvalue weighted by Crippen LogP contribution is -2.68. The van der Waals surface area contributed by atoms with Crippen LogP contribution in [0.25, 0.3) is 0 Å². The summed E-state index contributed by atoms with van der Waals surface area (Å²) in [7, 11) is 0. The molecule has 54 heavy (non-hydrogen) atoms. The van der Waals surface area contributed by atoms with Gasteiger partial charge in [-0.25, -0.2) is 0 Å². The lowest BCUT2D eigenvalue weighted by atomic mass is 9.40. The zero-order valence-corrected chi connectivity index (χ0v) is 31.2. The molecule has 1 heterocycles. The van der Waals surface area contributed by atoms with Gasteiger partial charge in [0.2, 0.25) is 5.91 Å². The first-order valence-electron chi connectivity index (χ1n) is 19.1. The van der Waals surface area contributed by atoms with E-state index in [9.17, 15) is 49.8 Å². The van der Waals surface area contributed by atoms with E-state index in [-0.39, 0.29) is 44.4 Å². The van der Waals surface area contributed by atoms with E-state index in [1.54, 1.807) is 0 Å². The van der Waals surface area contributed by atoms with E-state index >= 15 is 0 Å². The number of hydrogen-bond acceptors (Lipinski definition) is 11. The molecule has 14 nitrogen and oxygen atoms in total. The van der Waals surface area contributed by atoms with E-state index in [0.29, 0.717) is 24.8 Å². The van der Waals surface area contributed by atoms with Crippen LogP contribution in [-0.4, -0.2) is 110 Å². The second kappa shape index (κ2) is 14.9. The first-order valence-corrected chi connectivity index (χ1v) is 19.1. The Bertz CT molecular complexity index is 1600. The number of aliphatic carboxylic acids is 2. The van der Waals surface area contributed by atoms with Gasteiger partial charge < -0.3 is 50.2 Å². The lowest BCUT2D eigenvalue weighted by Gasteiger charge is -2.64. The number of ether oxygens (including phenoxy) is 3. The maximum Gasteiger partial charge on any atom is 0.321 e. The Kier molecular flexibility index (Phi) is 11.1. The average Bonchev–Trinajstić information content (AvgIpc) is 3.24. The number of aliphatic hydroxyl groups excluding tert-OH is 3. The van der Waals surface area contributed by atoms with E-state index in [2.05, 4.69) is 11.9 Å². The molecule has 4 saturated carbocycles. The number of esters is 1. The number of carboxylic acid groups (broad SMARTS) is 2. The maximum absolute atomic E-state index is 13.3. The van der Waals surface area contributed by atoms with Gasteiger partial charge in [0.05, 0.1) is 24.4 Å². The lowest BCUT2D eigenvalue weighted by molar-refractivity contribution is -0.300. The standard InChI is InChI=1S/C40H55NO13/c1-21(2)16-28(43)41-30-32(54-29(44)11-10-23-8-6-5-7-9-23)31(45)25(19-42)53-34(30)52-24-17-37(4)26-13-15-39(51)20-38(26,33(46)22(39)3)14-12-27(37)40(18-24,35(47)48)36(49)50/h5-9,21,24-27,30-34,42,45-46,51H,3,10-20H2,1-2,4H3,(H,41,43)(H,47,48)(H,49,50)/t24-,25+,26+,27+,30+,31+,32+,33-,34+,37+,38-,39+/m0/s1. The van der Waals surface area contributed by atoms with E-state index in [1.807, 2.05) is 51.1 Å². The third kappa shape index (κ3) is 6.76. The van der Waals surface area contributed by atoms with Crippen molar-refractivity contribution in [3.05, 3.63) is 48.0 Å². The van der Waals surface area contributed by atoms with E-state index in [4.69, 9.17) is 14.2 Å². The molecule has 1 saturated heterocycles. The second-order valence-electron chi connectivity index (χ2n) is 17.2. The highest BCUT2D eigenvalue weighted by atomic mass is 16.7.